The van der Waals surface area contributed by atoms with E-state index in [2.05, 4.69) is 48.4 Å². The summed E-state index contributed by atoms with van der Waals surface area (Å²) in [5, 5.41) is 3.63. The zero-order valence-electron chi connectivity index (χ0n) is 13.9. The third-order valence-corrected chi connectivity index (χ3v) is 4.76. The molecule has 23 heavy (non-hydrogen) atoms. The molecule has 1 atom stereocenters. The van der Waals surface area contributed by atoms with Crippen molar-refractivity contribution in [1.82, 2.24) is 9.88 Å². The fourth-order valence-corrected chi connectivity index (χ4v) is 3.32. The summed E-state index contributed by atoms with van der Waals surface area (Å²) in [5.41, 5.74) is 4.85. The third kappa shape index (κ3) is 3.07. The van der Waals surface area contributed by atoms with E-state index in [0.29, 0.717) is 12.6 Å². The molecule has 0 saturated heterocycles. The van der Waals surface area contributed by atoms with E-state index in [1.54, 1.807) is 11.9 Å². The molecule has 4 nitrogen and oxygen atoms in total. The SMILES string of the molecule is CN(C=O)Cc1ccc(NC2Cc3ccccc3C2(C)C)cn1. The van der Waals surface area contributed by atoms with Crippen molar-refractivity contribution in [1.29, 1.82) is 0 Å². The fourth-order valence-electron chi connectivity index (χ4n) is 3.32. The van der Waals surface area contributed by atoms with Crippen molar-refractivity contribution in [2.75, 3.05) is 12.4 Å². The summed E-state index contributed by atoms with van der Waals surface area (Å²) in [5.74, 6) is 0. The highest BCUT2D eigenvalue weighted by Gasteiger charge is 2.38. The summed E-state index contributed by atoms with van der Waals surface area (Å²) in [4.78, 5) is 16.7. The molecule has 1 aromatic carbocycles. The lowest BCUT2D eigenvalue weighted by molar-refractivity contribution is -0.117. The van der Waals surface area contributed by atoms with Crippen molar-refractivity contribution in [3.05, 3.63) is 59.4 Å². The van der Waals surface area contributed by atoms with Gasteiger partial charge in [-0.2, -0.15) is 0 Å². The number of pyridine rings is 1. The molecule has 1 unspecified atom stereocenters. The van der Waals surface area contributed by atoms with Gasteiger partial charge in [0.2, 0.25) is 6.41 Å². The zero-order chi connectivity index (χ0) is 16.4. The van der Waals surface area contributed by atoms with E-state index < -0.39 is 0 Å². The summed E-state index contributed by atoms with van der Waals surface area (Å²) in [7, 11) is 1.75. The Morgan fingerprint density at radius 3 is 2.74 bits per heavy atom. The van der Waals surface area contributed by atoms with Crippen molar-refractivity contribution in [2.24, 2.45) is 0 Å². The second kappa shape index (κ2) is 6.03. The molecule has 0 spiro atoms. The maximum Gasteiger partial charge on any atom is 0.209 e. The number of hydrogen-bond donors (Lipinski definition) is 1. The lowest BCUT2D eigenvalue weighted by Gasteiger charge is -2.30. The number of carbonyl (C=O) groups excluding carboxylic acids is 1. The first-order valence-electron chi connectivity index (χ1n) is 7.96. The Balaban J connectivity index is 1.72. The maximum atomic E-state index is 10.7. The van der Waals surface area contributed by atoms with Crippen LogP contribution in [0.3, 0.4) is 0 Å². The fraction of sp³-hybridized carbons (Fsp3) is 0.368. The van der Waals surface area contributed by atoms with E-state index >= 15 is 0 Å². The van der Waals surface area contributed by atoms with E-state index in [-0.39, 0.29) is 5.41 Å². The van der Waals surface area contributed by atoms with Crippen LogP contribution < -0.4 is 5.32 Å². The Morgan fingerprint density at radius 2 is 2.09 bits per heavy atom. The second-order valence-electron chi connectivity index (χ2n) is 6.84. The Bertz CT molecular complexity index is 694. The van der Waals surface area contributed by atoms with Gasteiger partial charge >= 0.3 is 0 Å². The van der Waals surface area contributed by atoms with E-state index in [1.807, 2.05) is 18.3 Å². The molecule has 0 fully saturated rings. The van der Waals surface area contributed by atoms with Gasteiger partial charge in [-0.15, -0.1) is 0 Å². The number of fused-ring (bicyclic) bond motifs is 1. The van der Waals surface area contributed by atoms with Gasteiger partial charge in [0.05, 0.1) is 24.1 Å². The van der Waals surface area contributed by atoms with Gasteiger partial charge in [-0.05, 0) is 29.7 Å². The number of rotatable bonds is 5. The van der Waals surface area contributed by atoms with Crippen LogP contribution in [0, 0.1) is 0 Å². The third-order valence-electron chi connectivity index (χ3n) is 4.76. The Labute approximate surface area is 137 Å². The van der Waals surface area contributed by atoms with Crippen LogP contribution in [-0.4, -0.2) is 29.4 Å². The molecule has 0 aliphatic heterocycles. The van der Waals surface area contributed by atoms with Gasteiger partial charge in [0, 0.05) is 18.5 Å². The number of amides is 1. The smallest absolute Gasteiger partial charge is 0.209 e. The lowest BCUT2D eigenvalue weighted by Crippen LogP contribution is -2.36. The minimum Gasteiger partial charge on any atom is -0.380 e. The quantitative estimate of drug-likeness (QED) is 0.864. The van der Waals surface area contributed by atoms with Crippen LogP contribution in [0.5, 0.6) is 0 Å². The molecular weight excluding hydrogens is 286 g/mol. The average Bonchev–Trinajstić information content (AvgIpc) is 2.80. The van der Waals surface area contributed by atoms with E-state index in [9.17, 15) is 4.79 Å². The summed E-state index contributed by atoms with van der Waals surface area (Å²) in [6.07, 6.45) is 3.69. The minimum absolute atomic E-state index is 0.0903. The molecule has 1 aliphatic rings. The molecular formula is C19H23N3O. The topological polar surface area (TPSA) is 45.2 Å². The molecule has 1 aromatic heterocycles. The van der Waals surface area contributed by atoms with Crippen LogP contribution in [0.25, 0.3) is 0 Å². The minimum atomic E-state index is 0.0903. The first-order valence-corrected chi connectivity index (χ1v) is 7.96. The van der Waals surface area contributed by atoms with Crippen LogP contribution in [-0.2, 0) is 23.2 Å². The number of nitrogens with one attached hydrogen (secondary N) is 1. The van der Waals surface area contributed by atoms with Crippen molar-refractivity contribution in [3.63, 3.8) is 0 Å². The Kier molecular flexibility index (Phi) is 4.07. The molecule has 3 rings (SSSR count). The summed E-state index contributed by atoms with van der Waals surface area (Å²) >= 11 is 0. The first-order chi connectivity index (χ1) is 11.0. The Hall–Kier alpha value is -2.36. The van der Waals surface area contributed by atoms with Gasteiger partial charge in [0.1, 0.15) is 0 Å². The number of anilines is 1. The Morgan fingerprint density at radius 1 is 1.30 bits per heavy atom. The molecule has 0 saturated carbocycles. The summed E-state index contributed by atoms with van der Waals surface area (Å²) < 4.78 is 0. The molecule has 0 bridgehead atoms. The second-order valence-corrected chi connectivity index (χ2v) is 6.84. The van der Waals surface area contributed by atoms with Crippen molar-refractivity contribution in [3.8, 4) is 0 Å². The van der Waals surface area contributed by atoms with Crippen molar-refractivity contribution < 1.29 is 4.79 Å². The highest BCUT2D eigenvalue weighted by Crippen LogP contribution is 2.39. The van der Waals surface area contributed by atoms with Crippen LogP contribution in [0.15, 0.2) is 42.6 Å². The van der Waals surface area contributed by atoms with E-state index in [1.165, 1.54) is 11.1 Å². The van der Waals surface area contributed by atoms with Crippen molar-refractivity contribution in [2.45, 2.75) is 38.3 Å². The van der Waals surface area contributed by atoms with Crippen LogP contribution in [0.2, 0.25) is 0 Å². The first kappa shape index (κ1) is 15.5. The summed E-state index contributed by atoms with van der Waals surface area (Å²) in [6.45, 7) is 5.11. The highest BCUT2D eigenvalue weighted by molar-refractivity contribution is 5.50. The number of nitrogens with zero attached hydrogens (tertiary/aromatic N) is 2. The van der Waals surface area contributed by atoms with Gasteiger partial charge in [-0.3, -0.25) is 9.78 Å². The number of benzene rings is 1. The van der Waals surface area contributed by atoms with Gasteiger partial charge in [-0.1, -0.05) is 38.1 Å². The number of aromatic nitrogens is 1. The van der Waals surface area contributed by atoms with E-state index in [4.69, 9.17) is 0 Å². The molecule has 1 amide bonds. The molecule has 120 valence electrons. The normalized spacial score (nSPS) is 18.3. The van der Waals surface area contributed by atoms with Crippen LogP contribution in [0.4, 0.5) is 5.69 Å². The van der Waals surface area contributed by atoms with E-state index in [0.717, 1.165) is 24.2 Å². The predicted octanol–water partition coefficient (Wildman–Crippen LogP) is 2.98. The molecule has 4 heteroatoms. The van der Waals surface area contributed by atoms with Gasteiger partial charge < -0.3 is 10.2 Å². The van der Waals surface area contributed by atoms with Gasteiger partial charge in [0.15, 0.2) is 0 Å². The number of carbonyl (C=O) groups is 1. The van der Waals surface area contributed by atoms with Gasteiger partial charge in [-0.25, -0.2) is 0 Å². The molecule has 1 heterocycles. The molecule has 2 aromatic rings. The molecule has 1 N–H and O–H groups in total. The average molecular weight is 309 g/mol. The summed E-state index contributed by atoms with van der Waals surface area (Å²) in [6, 6.07) is 13.0. The lowest BCUT2D eigenvalue weighted by atomic mass is 9.83. The standard InChI is InChI=1S/C19H23N3O/c1-19(2)17-7-5-4-6-14(17)10-18(19)21-15-8-9-16(20-11-15)12-22(3)13-23/h4-9,11,13,18,21H,10,12H2,1-3H3. The maximum absolute atomic E-state index is 10.7. The zero-order valence-corrected chi connectivity index (χ0v) is 13.9. The molecule has 1 aliphatic carbocycles. The van der Waals surface area contributed by atoms with Crippen LogP contribution >= 0.6 is 0 Å². The van der Waals surface area contributed by atoms with Gasteiger partial charge in [0.25, 0.3) is 0 Å². The number of hydrogen-bond acceptors (Lipinski definition) is 3. The molecule has 0 radical (unpaired) electrons. The monoisotopic (exact) mass is 309 g/mol. The largest absolute Gasteiger partial charge is 0.380 e. The van der Waals surface area contributed by atoms with Crippen LogP contribution in [0.1, 0.15) is 30.7 Å². The van der Waals surface area contributed by atoms with Crippen molar-refractivity contribution >= 4 is 12.1 Å². The highest BCUT2D eigenvalue weighted by atomic mass is 16.1. The predicted molar refractivity (Wildman–Crippen MR) is 92.4 cm³/mol.